The van der Waals surface area contributed by atoms with E-state index in [1.807, 2.05) is 56.3 Å². The monoisotopic (exact) mass is 316 g/mol. The van der Waals surface area contributed by atoms with Crippen LogP contribution in [-0.4, -0.2) is 13.1 Å². The summed E-state index contributed by atoms with van der Waals surface area (Å²) >= 11 is 6.18. The molecule has 114 valence electrons. The fourth-order valence-electron chi connectivity index (χ4n) is 2.55. The Morgan fingerprint density at radius 2 is 1.91 bits per heavy atom. The van der Waals surface area contributed by atoms with Gasteiger partial charge in [-0.25, -0.2) is 4.79 Å². The number of para-hydroxylation sites is 1. The number of cyclic esters (lactones) is 1. The second-order valence-electron chi connectivity index (χ2n) is 5.77. The van der Waals surface area contributed by atoms with Gasteiger partial charge in [-0.3, -0.25) is 4.90 Å². The first-order valence-corrected chi connectivity index (χ1v) is 7.39. The summed E-state index contributed by atoms with van der Waals surface area (Å²) in [6, 6.07) is 13.4. The number of amides is 1. The summed E-state index contributed by atoms with van der Waals surface area (Å²) < 4.78 is 5.47. The Morgan fingerprint density at radius 3 is 2.64 bits per heavy atom. The summed E-state index contributed by atoms with van der Waals surface area (Å²) in [5.74, 6) is 0. The Morgan fingerprint density at radius 1 is 1.18 bits per heavy atom. The molecular weight excluding hydrogens is 300 g/mol. The zero-order valence-corrected chi connectivity index (χ0v) is 13.4. The maximum atomic E-state index is 11.9. The van der Waals surface area contributed by atoms with E-state index in [2.05, 4.69) is 5.32 Å². The number of anilines is 3. The minimum absolute atomic E-state index is 0.343. The van der Waals surface area contributed by atoms with Crippen LogP contribution in [0.1, 0.15) is 19.4 Å². The third-order valence-corrected chi connectivity index (χ3v) is 4.11. The highest BCUT2D eigenvalue weighted by Crippen LogP contribution is 2.40. The lowest BCUT2D eigenvalue weighted by Gasteiger charge is -2.37. The Hall–Kier alpha value is -2.20. The van der Waals surface area contributed by atoms with E-state index in [0.717, 1.165) is 22.6 Å². The van der Waals surface area contributed by atoms with Gasteiger partial charge >= 0.3 is 6.09 Å². The van der Waals surface area contributed by atoms with E-state index in [0.29, 0.717) is 5.02 Å². The van der Waals surface area contributed by atoms with Crippen LogP contribution in [-0.2, 0) is 10.3 Å². The normalized spacial score (nSPS) is 16.0. The van der Waals surface area contributed by atoms with E-state index in [4.69, 9.17) is 16.3 Å². The molecule has 0 unspecified atom stereocenters. The highest BCUT2D eigenvalue weighted by Gasteiger charge is 2.36. The molecule has 1 amide bonds. The number of benzene rings is 2. The van der Waals surface area contributed by atoms with Crippen LogP contribution >= 0.6 is 11.6 Å². The highest BCUT2D eigenvalue weighted by molar-refractivity contribution is 6.33. The Bertz CT molecular complexity index is 743. The smallest absolute Gasteiger partial charge is 0.414 e. The summed E-state index contributed by atoms with van der Waals surface area (Å²) in [7, 11) is 1.71. The van der Waals surface area contributed by atoms with Gasteiger partial charge in [0.05, 0.1) is 16.4 Å². The van der Waals surface area contributed by atoms with Crippen LogP contribution in [0.5, 0.6) is 0 Å². The van der Waals surface area contributed by atoms with Crippen molar-refractivity contribution in [3.63, 3.8) is 0 Å². The summed E-state index contributed by atoms with van der Waals surface area (Å²) in [4.78, 5) is 13.4. The van der Waals surface area contributed by atoms with Crippen molar-refractivity contribution in [1.29, 1.82) is 0 Å². The van der Waals surface area contributed by atoms with Gasteiger partial charge in [-0.15, -0.1) is 0 Å². The molecule has 1 aliphatic heterocycles. The minimum Gasteiger partial charge on any atom is -0.438 e. The standard InChI is InChI=1S/C17H17ClN2O2/c1-17(2)12-10-11(19-14-7-5-4-6-13(14)18)8-9-15(12)20(3)16(21)22-17/h4-10,19H,1-3H3. The van der Waals surface area contributed by atoms with E-state index in [1.165, 1.54) is 4.90 Å². The molecule has 0 aromatic heterocycles. The zero-order chi connectivity index (χ0) is 15.9. The van der Waals surface area contributed by atoms with Crippen LogP contribution < -0.4 is 10.2 Å². The number of hydrogen-bond acceptors (Lipinski definition) is 3. The number of hydrogen-bond donors (Lipinski definition) is 1. The Kier molecular flexibility index (Phi) is 3.49. The number of nitrogens with one attached hydrogen (secondary N) is 1. The molecule has 0 aliphatic carbocycles. The number of carbonyl (C=O) groups is 1. The maximum absolute atomic E-state index is 11.9. The summed E-state index contributed by atoms with van der Waals surface area (Å²) in [6.07, 6.45) is -0.343. The second kappa shape index (κ2) is 5.21. The van der Waals surface area contributed by atoms with Crippen molar-refractivity contribution in [3.8, 4) is 0 Å². The van der Waals surface area contributed by atoms with Crippen molar-refractivity contribution in [2.75, 3.05) is 17.3 Å². The number of ether oxygens (including phenoxy) is 1. The van der Waals surface area contributed by atoms with Gasteiger partial charge in [0.1, 0.15) is 5.60 Å². The van der Waals surface area contributed by atoms with Gasteiger partial charge in [-0.2, -0.15) is 0 Å². The van der Waals surface area contributed by atoms with Gasteiger partial charge in [0.2, 0.25) is 0 Å². The average molecular weight is 317 g/mol. The van der Waals surface area contributed by atoms with Crippen LogP contribution in [0, 0.1) is 0 Å². The fourth-order valence-corrected chi connectivity index (χ4v) is 2.73. The molecule has 2 aromatic rings. The molecule has 1 N–H and O–H groups in total. The van der Waals surface area contributed by atoms with Gasteiger partial charge < -0.3 is 10.1 Å². The predicted molar refractivity (Wildman–Crippen MR) is 89.1 cm³/mol. The van der Waals surface area contributed by atoms with Crippen LogP contribution in [0.25, 0.3) is 0 Å². The van der Waals surface area contributed by atoms with Crippen LogP contribution in [0.2, 0.25) is 5.02 Å². The van der Waals surface area contributed by atoms with Crippen molar-refractivity contribution < 1.29 is 9.53 Å². The maximum Gasteiger partial charge on any atom is 0.414 e. The molecule has 1 aliphatic rings. The summed E-state index contributed by atoms with van der Waals surface area (Å²) in [6.45, 7) is 3.77. The molecule has 0 saturated carbocycles. The molecule has 0 saturated heterocycles. The van der Waals surface area contributed by atoms with Gasteiger partial charge in [-0.1, -0.05) is 23.7 Å². The van der Waals surface area contributed by atoms with E-state index in [1.54, 1.807) is 7.05 Å². The molecule has 0 atom stereocenters. The molecule has 5 heteroatoms. The zero-order valence-electron chi connectivity index (χ0n) is 12.7. The third-order valence-electron chi connectivity index (χ3n) is 3.78. The third kappa shape index (κ3) is 2.50. The Balaban J connectivity index is 2.00. The molecule has 0 fully saturated rings. The van der Waals surface area contributed by atoms with E-state index in [9.17, 15) is 4.79 Å². The van der Waals surface area contributed by atoms with E-state index >= 15 is 0 Å². The molecule has 2 aromatic carbocycles. The number of rotatable bonds is 2. The van der Waals surface area contributed by atoms with Crippen molar-refractivity contribution in [3.05, 3.63) is 53.1 Å². The van der Waals surface area contributed by atoms with E-state index < -0.39 is 5.60 Å². The van der Waals surface area contributed by atoms with Crippen molar-refractivity contribution in [1.82, 2.24) is 0 Å². The molecular formula is C17H17ClN2O2. The van der Waals surface area contributed by atoms with Crippen molar-refractivity contribution in [2.24, 2.45) is 0 Å². The molecule has 0 bridgehead atoms. The molecule has 4 nitrogen and oxygen atoms in total. The fraction of sp³-hybridized carbons (Fsp3) is 0.235. The predicted octanol–water partition coefficient (Wildman–Crippen LogP) is 4.91. The topological polar surface area (TPSA) is 41.6 Å². The first kappa shape index (κ1) is 14.7. The van der Waals surface area contributed by atoms with Crippen LogP contribution in [0.4, 0.5) is 21.9 Å². The quantitative estimate of drug-likeness (QED) is 0.856. The van der Waals surface area contributed by atoms with Crippen molar-refractivity contribution in [2.45, 2.75) is 19.4 Å². The van der Waals surface area contributed by atoms with Gasteiger partial charge in [0, 0.05) is 18.3 Å². The van der Waals surface area contributed by atoms with E-state index in [-0.39, 0.29) is 6.09 Å². The van der Waals surface area contributed by atoms with Crippen LogP contribution in [0.15, 0.2) is 42.5 Å². The molecule has 3 rings (SSSR count). The lowest BCUT2D eigenvalue weighted by molar-refractivity contribution is 0.0362. The molecule has 0 radical (unpaired) electrons. The van der Waals surface area contributed by atoms with Crippen molar-refractivity contribution >= 4 is 34.8 Å². The lowest BCUT2D eigenvalue weighted by Crippen LogP contribution is -2.41. The number of halogens is 1. The molecule has 22 heavy (non-hydrogen) atoms. The molecule has 0 spiro atoms. The van der Waals surface area contributed by atoms with Gasteiger partial charge in [0.15, 0.2) is 0 Å². The number of fused-ring (bicyclic) bond motifs is 1. The Labute approximate surface area is 134 Å². The second-order valence-corrected chi connectivity index (χ2v) is 6.18. The van der Waals surface area contributed by atoms with Gasteiger partial charge in [-0.05, 0) is 44.2 Å². The molecule has 1 heterocycles. The first-order chi connectivity index (χ1) is 10.4. The average Bonchev–Trinajstić information content (AvgIpc) is 2.47. The largest absolute Gasteiger partial charge is 0.438 e. The summed E-state index contributed by atoms with van der Waals surface area (Å²) in [5, 5.41) is 3.95. The number of carbonyl (C=O) groups excluding carboxylic acids is 1. The highest BCUT2D eigenvalue weighted by atomic mass is 35.5. The SMILES string of the molecule is CN1C(=O)OC(C)(C)c2cc(Nc3ccccc3Cl)ccc21. The lowest BCUT2D eigenvalue weighted by atomic mass is 9.93. The first-order valence-electron chi connectivity index (χ1n) is 7.01. The van der Waals surface area contributed by atoms with Crippen LogP contribution in [0.3, 0.4) is 0 Å². The summed E-state index contributed by atoms with van der Waals surface area (Å²) in [5.41, 5.74) is 2.86. The minimum atomic E-state index is -0.670. The number of nitrogens with zero attached hydrogens (tertiary/aromatic N) is 1. The van der Waals surface area contributed by atoms with Gasteiger partial charge in [0.25, 0.3) is 0 Å².